The Kier molecular flexibility index (Phi) is 2.14. The number of halogens is 1. The summed E-state index contributed by atoms with van der Waals surface area (Å²) in [5.74, 6) is 1.02. The first kappa shape index (κ1) is 8.93. The Labute approximate surface area is 93.2 Å². The Morgan fingerprint density at radius 3 is 2.50 bits per heavy atom. The molecule has 0 atom stereocenters. The highest BCUT2D eigenvalue weighted by atomic mass is 79.9. The zero-order valence-electron chi connectivity index (χ0n) is 8.12. The first-order chi connectivity index (χ1) is 6.81. The molecular formula is C12H14BrN. The summed E-state index contributed by atoms with van der Waals surface area (Å²) < 4.78 is 1.17. The molecule has 2 heteroatoms. The molecule has 0 radical (unpaired) electrons. The van der Waals surface area contributed by atoms with Gasteiger partial charge in [-0.2, -0.15) is 0 Å². The molecule has 1 nitrogen and oxygen atoms in total. The largest absolute Gasteiger partial charge is 0.296 e. The van der Waals surface area contributed by atoms with Crippen molar-refractivity contribution in [1.29, 1.82) is 0 Å². The molecule has 3 fully saturated rings. The van der Waals surface area contributed by atoms with Gasteiger partial charge in [0.15, 0.2) is 0 Å². The van der Waals surface area contributed by atoms with E-state index in [1.165, 1.54) is 29.4 Å². The minimum atomic E-state index is 0.906. The Balaban J connectivity index is 1.69. The summed E-state index contributed by atoms with van der Waals surface area (Å²) in [6.07, 6.45) is 2.91. The van der Waals surface area contributed by atoms with Crippen molar-refractivity contribution < 1.29 is 0 Å². The SMILES string of the molecule is Brc1ccc(CN2CC3CC2C3)cc1. The van der Waals surface area contributed by atoms with Crippen LogP contribution in [0.15, 0.2) is 28.7 Å². The van der Waals surface area contributed by atoms with Crippen LogP contribution in [0, 0.1) is 5.92 Å². The minimum Gasteiger partial charge on any atom is -0.296 e. The van der Waals surface area contributed by atoms with Crippen molar-refractivity contribution in [1.82, 2.24) is 4.90 Å². The van der Waals surface area contributed by atoms with Crippen molar-refractivity contribution in [3.05, 3.63) is 34.3 Å². The fourth-order valence-electron chi connectivity index (χ4n) is 2.65. The third kappa shape index (κ3) is 1.51. The van der Waals surface area contributed by atoms with Gasteiger partial charge in [-0.3, -0.25) is 4.90 Å². The first-order valence-electron chi connectivity index (χ1n) is 5.30. The van der Waals surface area contributed by atoms with Gasteiger partial charge in [0.25, 0.3) is 0 Å². The average Bonchev–Trinajstić information content (AvgIpc) is 2.66. The van der Waals surface area contributed by atoms with Gasteiger partial charge < -0.3 is 0 Å². The van der Waals surface area contributed by atoms with E-state index >= 15 is 0 Å². The van der Waals surface area contributed by atoms with Gasteiger partial charge in [-0.1, -0.05) is 28.1 Å². The van der Waals surface area contributed by atoms with E-state index in [0.717, 1.165) is 18.5 Å². The molecule has 1 aromatic carbocycles. The lowest BCUT2D eigenvalue weighted by atomic mass is 9.86. The van der Waals surface area contributed by atoms with E-state index in [-0.39, 0.29) is 0 Å². The van der Waals surface area contributed by atoms with E-state index in [2.05, 4.69) is 45.1 Å². The van der Waals surface area contributed by atoms with Gasteiger partial charge in [0.1, 0.15) is 0 Å². The minimum absolute atomic E-state index is 0.906. The molecule has 1 aliphatic carbocycles. The molecule has 1 aromatic rings. The van der Waals surface area contributed by atoms with Crippen molar-refractivity contribution in [2.45, 2.75) is 25.4 Å². The number of fused-ring (bicyclic) bond motifs is 1. The highest BCUT2D eigenvalue weighted by molar-refractivity contribution is 9.10. The smallest absolute Gasteiger partial charge is 0.0236 e. The van der Waals surface area contributed by atoms with E-state index in [0.29, 0.717) is 0 Å². The summed E-state index contributed by atoms with van der Waals surface area (Å²) >= 11 is 3.46. The average molecular weight is 252 g/mol. The molecule has 74 valence electrons. The molecule has 0 amide bonds. The molecular weight excluding hydrogens is 238 g/mol. The molecule has 0 N–H and O–H groups in total. The predicted octanol–water partition coefficient (Wildman–Crippen LogP) is 3.04. The van der Waals surface area contributed by atoms with E-state index in [1.807, 2.05) is 0 Å². The summed E-state index contributed by atoms with van der Waals surface area (Å²) in [5.41, 5.74) is 1.45. The molecule has 0 spiro atoms. The zero-order chi connectivity index (χ0) is 9.54. The van der Waals surface area contributed by atoms with Crippen molar-refractivity contribution in [3.63, 3.8) is 0 Å². The zero-order valence-corrected chi connectivity index (χ0v) is 9.70. The van der Waals surface area contributed by atoms with E-state index < -0.39 is 0 Å². The van der Waals surface area contributed by atoms with Crippen molar-refractivity contribution in [3.8, 4) is 0 Å². The molecule has 0 aromatic heterocycles. The number of hydrogen-bond acceptors (Lipinski definition) is 1. The normalized spacial score (nSPS) is 30.4. The van der Waals surface area contributed by atoms with Gasteiger partial charge in [0.05, 0.1) is 0 Å². The molecule has 14 heavy (non-hydrogen) atoms. The summed E-state index contributed by atoms with van der Waals surface area (Å²) in [7, 11) is 0. The van der Waals surface area contributed by atoms with Crippen LogP contribution in [0.3, 0.4) is 0 Å². The topological polar surface area (TPSA) is 3.24 Å². The van der Waals surface area contributed by atoms with Crippen molar-refractivity contribution >= 4 is 15.9 Å². The molecule has 3 aliphatic rings. The Morgan fingerprint density at radius 2 is 1.93 bits per heavy atom. The monoisotopic (exact) mass is 251 g/mol. The molecule has 2 saturated heterocycles. The third-order valence-electron chi connectivity index (χ3n) is 3.52. The van der Waals surface area contributed by atoms with Gasteiger partial charge in [0, 0.05) is 23.6 Å². The third-order valence-corrected chi connectivity index (χ3v) is 4.05. The van der Waals surface area contributed by atoms with Crippen LogP contribution < -0.4 is 0 Å². The Hall–Kier alpha value is -0.340. The fourth-order valence-corrected chi connectivity index (χ4v) is 2.91. The number of nitrogens with zero attached hydrogens (tertiary/aromatic N) is 1. The van der Waals surface area contributed by atoms with Crippen LogP contribution in [-0.4, -0.2) is 17.5 Å². The molecule has 2 heterocycles. The Bertz CT molecular complexity index is 327. The summed E-state index contributed by atoms with van der Waals surface area (Å²) in [6.45, 7) is 2.48. The molecule has 0 unspecified atom stereocenters. The standard InChI is InChI=1S/C12H14BrN/c13-11-3-1-9(2-4-11)7-14-8-10-5-12(14)6-10/h1-4,10,12H,5-8H2. The van der Waals surface area contributed by atoms with E-state index in [1.54, 1.807) is 0 Å². The molecule has 1 saturated carbocycles. The number of rotatable bonds is 2. The number of benzene rings is 1. The van der Waals surface area contributed by atoms with Crippen LogP contribution in [0.2, 0.25) is 0 Å². The molecule has 4 rings (SSSR count). The van der Waals surface area contributed by atoms with Crippen molar-refractivity contribution in [2.75, 3.05) is 6.54 Å². The maximum Gasteiger partial charge on any atom is 0.0236 e. The van der Waals surface area contributed by atoms with Gasteiger partial charge in [-0.05, 0) is 36.5 Å². The lowest BCUT2D eigenvalue weighted by Crippen LogP contribution is -2.28. The maximum absolute atomic E-state index is 3.46. The van der Waals surface area contributed by atoms with Crippen LogP contribution in [0.1, 0.15) is 18.4 Å². The van der Waals surface area contributed by atoms with Gasteiger partial charge in [-0.15, -0.1) is 0 Å². The van der Waals surface area contributed by atoms with Gasteiger partial charge in [-0.25, -0.2) is 0 Å². The number of hydrogen-bond donors (Lipinski definition) is 0. The summed E-state index contributed by atoms with van der Waals surface area (Å²) in [6, 6.07) is 9.62. The maximum atomic E-state index is 3.46. The molecule has 2 bridgehead atoms. The second-order valence-electron chi connectivity index (χ2n) is 4.55. The summed E-state index contributed by atoms with van der Waals surface area (Å²) in [5, 5.41) is 0. The quantitative estimate of drug-likeness (QED) is 0.782. The van der Waals surface area contributed by atoms with E-state index in [9.17, 15) is 0 Å². The first-order valence-corrected chi connectivity index (χ1v) is 6.09. The van der Waals surface area contributed by atoms with Crippen LogP contribution >= 0.6 is 15.9 Å². The van der Waals surface area contributed by atoms with Crippen LogP contribution in [0.25, 0.3) is 0 Å². The Morgan fingerprint density at radius 1 is 1.21 bits per heavy atom. The lowest BCUT2D eigenvalue weighted by molar-refractivity contribution is 0.240. The second-order valence-corrected chi connectivity index (χ2v) is 5.46. The van der Waals surface area contributed by atoms with E-state index in [4.69, 9.17) is 0 Å². The van der Waals surface area contributed by atoms with Gasteiger partial charge >= 0.3 is 0 Å². The van der Waals surface area contributed by atoms with Crippen LogP contribution in [-0.2, 0) is 6.54 Å². The van der Waals surface area contributed by atoms with Gasteiger partial charge in [0.2, 0.25) is 0 Å². The second kappa shape index (κ2) is 3.35. The highest BCUT2D eigenvalue weighted by Crippen LogP contribution is 2.41. The molecule has 2 aliphatic heterocycles. The highest BCUT2D eigenvalue weighted by Gasteiger charge is 2.42. The van der Waals surface area contributed by atoms with Crippen LogP contribution in [0.4, 0.5) is 0 Å². The van der Waals surface area contributed by atoms with Crippen LogP contribution in [0.5, 0.6) is 0 Å². The fraction of sp³-hybridized carbons (Fsp3) is 0.500. The lowest BCUT2D eigenvalue weighted by Gasteiger charge is -2.25. The predicted molar refractivity (Wildman–Crippen MR) is 61.1 cm³/mol. The summed E-state index contributed by atoms with van der Waals surface area (Å²) in [4.78, 5) is 2.63. The van der Waals surface area contributed by atoms with Crippen molar-refractivity contribution in [2.24, 2.45) is 5.92 Å².